The first-order valence-corrected chi connectivity index (χ1v) is 5.54. The Balaban J connectivity index is 0.00000133. The number of hydrogen-bond acceptors (Lipinski definition) is 6. The van der Waals surface area contributed by atoms with Gasteiger partial charge in [0.1, 0.15) is 12.5 Å². The largest absolute Gasteiger partial charge is 1.00 e. The van der Waals surface area contributed by atoms with Crippen LogP contribution in [-0.2, 0) is 19.1 Å². The van der Waals surface area contributed by atoms with E-state index in [0.29, 0.717) is 6.42 Å². The Bertz CT molecular complexity index is 503. The third-order valence-corrected chi connectivity index (χ3v) is 3.69. The van der Waals surface area contributed by atoms with Crippen LogP contribution in [0, 0.1) is 5.92 Å². The van der Waals surface area contributed by atoms with E-state index in [1.165, 1.54) is 11.0 Å². The second-order valence-corrected chi connectivity index (χ2v) is 4.82. The molecule has 1 amide bonds. The van der Waals surface area contributed by atoms with Gasteiger partial charge in [-0.3, -0.25) is 4.79 Å². The molecule has 3 heterocycles. The van der Waals surface area contributed by atoms with Crippen LogP contribution in [0.25, 0.3) is 0 Å². The van der Waals surface area contributed by atoms with Crippen LogP contribution in [0.4, 0.5) is 4.79 Å². The van der Waals surface area contributed by atoms with E-state index < -0.39 is 23.6 Å². The average molecular weight is 275 g/mol. The van der Waals surface area contributed by atoms with E-state index in [9.17, 15) is 19.5 Å². The van der Waals surface area contributed by atoms with Gasteiger partial charge < -0.3 is 24.3 Å². The van der Waals surface area contributed by atoms with Gasteiger partial charge in [0.15, 0.2) is 5.60 Å². The molecule has 0 saturated carbocycles. The topological polar surface area (TPSA) is 96.0 Å². The summed E-state index contributed by atoms with van der Waals surface area (Å²) in [6.07, 6.45) is 1.08. The van der Waals surface area contributed by atoms with Gasteiger partial charge in [-0.15, -0.1) is 0 Å². The first-order chi connectivity index (χ1) is 8.44. The summed E-state index contributed by atoms with van der Waals surface area (Å²) in [7, 11) is 0. The van der Waals surface area contributed by atoms with Crippen LogP contribution in [0.2, 0.25) is 0 Å². The second kappa shape index (κ2) is 4.50. The van der Waals surface area contributed by atoms with Gasteiger partial charge in [-0.1, -0.05) is 6.08 Å². The van der Waals surface area contributed by atoms with Crippen molar-refractivity contribution in [3.05, 3.63) is 11.8 Å². The maximum absolute atomic E-state index is 12.0. The van der Waals surface area contributed by atoms with Crippen molar-refractivity contribution >= 4 is 18.0 Å². The van der Waals surface area contributed by atoms with Crippen molar-refractivity contribution in [1.29, 1.82) is 0 Å². The molecule has 19 heavy (non-hydrogen) atoms. The maximum atomic E-state index is 12.0. The van der Waals surface area contributed by atoms with Crippen LogP contribution in [0.1, 0.15) is 13.3 Å². The molecule has 2 fully saturated rings. The second-order valence-electron chi connectivity index (χ2n) is 4.82. The molecule has 0 aromatic carbocycles. The molecule has 3 rings (SSSR count). The molecule has 3 aliphatic rings. The zero-order chi connectivity index (χ0) is 13.1. The number of β-lactam (4-membered cyclic amide) rings is 1. The summed E-state index contributed by atoms with van der Waals surface area (Å²) in [6, 6.07) is -0.287. The van der Waals surface area contributed by atoms with Gasteiger partial charge in [-0.05, 0) is 13.3 Å². The Morgan fingerprint density at radius 1 is 1.53 bits per heavy atom. The molecular weight excluding hydrogens is 265 g/mol. The zero-order valence-electron chi connectivity index (χ0n) is 10.5. The number of nitrogens with zero attached hydrogens (tertiary/aromatic N) is 1. The fraction of sp³-hybridized carbons (Fsp3) is 0.545. The van der Waals surface area contributed by atoms with Crippen LogP contribution in [0.3, 0.4) is 0 Å². The maximum Gasteiger partial charge on any atom is 1.00 e. The molecule has 0 radical (unpaired) electrons. The molecule has 0 aromatic heterocycles. The van der Waals surface area contributed by atoms with Gasteiger partial charge in [-0.2, -0.15) is 0 Å². The Morgan fingerprint density at radius 2 is 2.21 bits per heavy atom. The summed E-state index contributed by atoms with van der Waals surface area (Å²) in [4.78, 5) is 35.0. The SMILES string of the molecule is C[C@@]1([C@@H]2C(=O)N3C(C(=O)[O-])=CC[C@@H]23)COC(=O)O1.[Na+]. The van der Waals surface area contributed by atoms with Crippen LogP contribution < -0.4 is 34.7 Å². The van der Waals surface area contributed by atoms with Gasteiger partial charge in [0, 0.05) is 0 Å². The van der Waals surface area contributed by atoms with Gasteiger partial charge in [-0.25, -0.2) is 4.79 Å². The molecular formula is C11H10NNaO6. The number of ether oxygens (including phenoxy) is 2. The number of fused-ring (bicyclic) bond motifs is 1. The predicted molar refractivity (Wildman–Crippen MR) is 52.7 cm³/mol. The van der Waals surface area contributed by atoms with Crippen molar-refractivity contribution in [1.82, 2.24) is 4.90 Å². The zero-order valence-corrected chi connectivity index (χ0v) is 12.5. The minimum Gasteiger partial charge on any atom is -0.543 e. The third kappa shape index (κ3) is 1.87. The quantitative estimate of drug-likeness (QED) is 0.288. The molecule has 96 valence electrons. The van der Waals surface area contributed by atoms with E-state index in [0.717, 1.165) is 0 Å². The first-order valence-electron chi connectivity index (χ1n) is 5.54. The van der Waals surface area contributed by atoms with E-state index >= 15 is 0 Å². The number of aliphatic carboxylic acids is 1. The summed E-state index contributed by atoms with van der Waals surface area (Å²) in [6.45, 7) is 1.63. The van der Waals surface area contributed by atoms with Crippen LogP contribution in [-0.4, -0.2) is 41.2 Å². The Morgan fingerprint density at radius 3 is 2.74 bits per heavy atom. The molecule has 0 N–H and O–H groups in total. The number of carbonyl (C=O) groups is 3. The normalized spacial score (nSPS) is 35.6. The number of hydrogen-bond donors (Lipinski definition) is 0. The van der Waals surface area contributed by atoms with Crippen molar-refractivity contribution < 1.29 is 58.5 Å². The molecule has 7 nitrogen and oxygen atoms in total. The summed E-state index contributed by atoms with van der Waals surface area (Å²) in [5, 5.41) is 10.8. The molecule has 3 aliphatic heterocycles. The minimum absolute atomic E-state index is 0. The Hall–Kier alpha value is -1.05. The fourth-order valence-electron chi connectivity index (χ4n) is 2.87. The van der Waals surface area contributed by atoms with Crippen molar-refractivity contribution in [2.24, 2.45) is 5.92 Å². The molecule has 0 aliphatic carbocycles. The average Bonchev–Trinajstić information content (AvgIpc) is 2.80. The van der Waals surface area contributed by atoms with Crippen molar-refractivity contribution in [2.45, 2.75) is 25.0 Å². The standard InChI is InChI=1S/C11H11NO6.Na/c1-11(4-17-10(16)18-11)7-5-2-3-6(9(14)15)12(5)8(7)13;/h3,5,7H,2,4H2,1H3,(H,14,15);/q;+1/p-1/t5-,7-,11-;/m0./s1. The van der Waals surface area contributed by atoms with Crippen molar-refractivity contribution in [3.63, 3.8) is 0 Å². The number of amides is 1. The van der Waals surface area contributed by atoms with Gasteiger partial charge in [0.05, 0.1) is 17.7 Å². The van der Waals surface area contributed by atoms with Gasteiger partial charge in [0.25, 0.3) is 0 Å². The van der Waals surface area contributed by atoms with Gasteiger partial charge >= 0.3 is 35.7 Å². The smallest absolute Gasteiger partial charge is 0.543 e. The molecule has 0 spiro atoms. The number of cyclic esters (lactones) is 2. The summed E-state index contributed by atoms with van der Waals surface area (Å²) in [5.74, 6) is -2.29. The Labute approximate surface area is 130 Å². The number of rotatable bonds is 2. The van der Waals surface area contributed by atoms with E-state index in [4.69, 9.17) is 9.47 Å². The van der Waals surface area contributed by atoms with Crippen LogP contribution >= 0.6 is 0 Å². The number of carboxylic acid groups (broad SMARTS) is 1. The molecule has 2 saturated heterocycles. The fourth-order valence-corrected chi connectivity index (χ4v) is 2.87. The van der Waals surface area contributed by atoms with E-state index in [1.54, 1.807) is 6.92 Å². The molecule has 0 aromatic rings. The molecule has 0 unspecified atom stereocenters. The molecule has 8 heteroatoms. The van der Waals surface area contributed by atoms with Crippen LogP contribution in [0.5, 0.6) is 0 Å². The van der Waals surface area contributed by atoms with Crippen molar-refractivity contribution in [3.8, 4) is 0 Å². The summed E-state index contributed by atoms with van der Waals surface area (Å²) in [5.41, 5.74) is -1.11. The van der Waals surface area contributed by atoms with Crippen LogP contribution in [0.15, 0.2) is 11.8 Å². The van der Waals surface area contributed by atoms with E-state index in [1.807, 2.05) is 0 Å². The first kappa shape index (κ1) is 14.4. The number of carboxylic acids is 1. The monoisotopic (exact) mass is 275 g/mol. The third-order valence-electron chi connectivity index (χ3n) is 3.69. The molecule has 0 bridgehead atoms. The van der Waals surface area contributed by atoms with E-state index in [-0.39, 0.29) is 53.8 Å². The van der Waals surface area contributed by atoms with E-state index in [2.05, 4.69) is 0 Å². The van der Waals surface area contributed by atoms with Crippen molar-refractivity contribution in [2.75, 3.05) is 6.61 Å². The summed E-state index contributed by atoms with van der Waals surface area (Å²) < 4.78 is 9.75. The summed E-state index contributed by atoms with van der Waals surface area (Å²) >= 11 is 0. The number of carbonyl (C=O) groups excluding carboxylic acids is 3. The van der Waals surface area contributed by atoms with Gasteiger partial charge in [0.2, 0.25) is 5.91 Å². The minimum atomic E-state index is -1.37. The molecule has 3 atom stereocenters. The Kier molecular flexibility index (Phi) is 3.40. The predicted octanol–water partition coefficient (Wildman–Crippen LogP) is -4.22.